The Morgan fingerprint density at radius 2 is 0.471 bits per heavy atom. The Labute approximate surface area is 487 Å². The van der Waals surface area contributed by atoms with Gasteiger partial charge in [-0.3, -0.25) is 0 Å². The molecule has 16 rings (SSSR count). The van der Waals surface area contributed by atoms with E-state index in [0.717, 1.165) is 22.9 Å². The molecule has 0 radical (unpaired) electrons. The highest BCUT2D eigenvalue weighted by atomic mass is 32.2. The van der Waals surface area contributed by atoms with Gasteiger partial charge in [-0.1, -0.05) is 29.8 Å². The zero-order valence-electron chi connectivity index (χ0n) is 45.2. The summed E-state index contributed by atoms with van der Waals surface area (Å²) in [5.41, 5.74) is 1.64. The first-order chi connectivity index (χ1) is 40.6. The summed E-state index contributed by atoms with van der Waals surface area (Å²) in [7, 11) is 0. The number of hydrogen-bond donors (Lipinski definition) is 20. The van der Waals surface area contributed by atoms with Crippen molar-refractivity contribution >= 4 is 11.8 Å². The normalized spacial score (nSPS) is 51.2. The summed E-state index contributed by atoms with van der Waals surface area (Å²) < 4.78 is 82.0. The molecule has 15 aliphatic heterocycles. The molecular formula is C50H78O34S. The molecule has 85 heavy (non-hydrogen) atoms. The van der Waals surface area contributed by atoms with E-state index in [4.69, 9.17) is 66.3 Å². The molecule has 35 heteroatoms. The van der Waals surface area contributed by atoms with Crippen molar-refractivity contribution in [3.8, 4) is 0 Å². The van der Waals surface area contributed by atoms with Gasteiger partial charge in [-0.05, 0) is 12.5 Å². The van der Waals surface area contributed by atoms with Crippen molar-refractivity contribution in [1.29, 1.82) is 0 Å². The molecule has 35 atom stereocenters. The van der Waals surface area contributed by atoms with E-state index in [1.807, 2.05) is 19.1 Å². The fourth-order valence-electron chi connectivity index (χ4n) is 11.5. The van der Waals surface area contributed by atoms with Crippen LogP contribution in [0, 0.1) is 6.92 Å². The molecule has 488 valence electrons. The highest BCUT2D eigenvalue weighted by Gasteiger charge is 2.59. The number of rotatable bonds is 10. The molecule has 20 N–H and O–H groups in total. The summed E-state index contributed by atoms with van der Waals surface area (Å²) >= 11 is 1.01. The van der Waals surface area contributed by atoms with E-state index in [0.29, 0.717) is 0 Å². The van der Waals surface area contributed by atoms with Gasteiger partial charge in [0, 0.05) is 5.75 Å². The monoisotopic (exact) mass is 1250 g/mol. The van der Waals surface area contributed by atoms with Gasteiger partial charge in [0.05, 0.1) is 57.6 Å². The van der Waals surface area contributed by atoms with Crippen LogP contribution in [0.5, 0.6) is 0 Å². The van der Waals surface area contributed by atoms with Gasteiger partial charge in [0.25, 0.3) is 0 Å². The topological polar surface area (TPSA) is 534 Å². The maximum atomic E-state index is 12.3. The summed E-state index contributed by atoms with van der Waals surface area (Å²) in [6.07, 6.45) is -66.3. The van der Waals surface area contributed by atoms with Gasteiger partial charge >= 0.3 is 0 Å². The van der Waals surface area contributed by atoms with Crippen LogP contribution in [0.4, 0.5) is 0 Å². The average molecular weight is 1260 g/mol. The lowest BCUT2D eigenvalue weighted by Gasteiger charge is -2.50. The third kappa shape index (κ3) is 13.9. The van der Waals surface area contributed by atoms with Gasteiger partial charge in [-0.2, -0.15) is 0 Å². The molecule has 0 saturated carbocycles. The summed E-state index contributed by atoms with van der Waals surface area (Å²) in [4.78, 5) is 0. The van der Waals surface area contributed by atoms with Crippen LogP contribution >= 0.6 is 11.8 Å². The summed E-state index contributed by atoms with van der Waals surface area (Å²) in [6, 6.07) is 7.21. The van der Waals surface area contributed by atoms with Gasteiger partial charge < -0.3 is 168 Å². The third-order valence-electron chi connectivity index (χ3n) is 16.3. The lowest BCUT2D eigenvalue weighted by molar-refractivity contribution is -0.396. The molecule has 0 spiro atoms. The van der Waals surface area contributed by atoms with Gasteiger partial charge in [0.1, 0.15) is 159 Å². The molecule has 15 saturated heterocycles. The summed E-state index contributed by atoms with van der Waals surface area (Å²) in [5.74, 6) is 0.127. The smallest absolute Gasteiger partial charge is 0.187 e. The standard InChI is InChI=1S/C50H78O34S/c1-14-2-4-15(5-3-14)13-85-43-35(70)42-22(12-57)77-50(43)84-41-21(11-56)76-48(34(69)28(41)63)82-39-19(9-54)74-46(32(67)26(39)61)80-37-17(7-52)72-44(30(65)24(37)59)78-36-16(6-51)71-45(29(64)23(36)58)79-38-18(8-53)73-47(31(66)25(38)60)81-40-20(10-55)75-49(83-42)33(68)27(40)62/h2-5,16-70H,6-13H2,1H3/t16-,17-,18-,19-,20-,21-,22-,23-,24-,25-,26-,27-,28-,29-,30-,31-,32-,33-,34-,35-,36-,37-,38-,39-,40-,41-,42-,43+,44-,45-,46-,47-,48-,49-,50-/m1/s1. The van der Waals surface area contributed by atoms with E-state index in [1.54, 1.807) is 12.1 Å². The minimum Gasteiger partial charge on any atom is -0.394 e. The van der Waals surface area contributed by atoms with Crippen molar-refractivity contribution < 1.29 is 168 Å². The Hall–Kier alpha value is -1.79. The Balaban J connectivity index is 1.02. The Bertz CT molecular complexity index is 2210. The minimum absolute atomic E-state index is 0.127. The number of hydrogen-bond acceptors (Lipinski definition) is 35. The Kier molecular flexibility index (Phi) is 23.2. The lowest BCUT2D eigenvalue weighted by Crippen LogP contribution is -2.68. The fourth-order valence-corrected chi connectivity index (χ4v) is 12.7. The Morgan fingerprint density at radius 1 is 0.271 bits per heavy atom. The molecule has 0 unspecified atom stereocenters. The number of aliphatic hydroxyl groups is 20. The number of benzene rings is 1. The number of aliphatic hydroxyl groups excluding tert-OH is 20. The average Bonchev–Trinajstić information content (AvgIpc) is 2.29. The Morgan fingerprint density at radius 3 is 0.694 bits per heavy atom. The van der Waals surface area contributed by atoms with Crippen molar-refractivity contribution in [2.24, 2.45) is 0 Å². The second-order valence-corrected chi connectivity index (χ2v) is 23.1. The van der Waals surface area contributed by atoms with Crippen LogP contribution in [-0.2, 0) is 72.1 Å². The SMILES string of the molecule is Cc1ccc(CS[C@@H]2[C@H]3O[C@H]4[C@H](O)[C@@H](O)[C@@H](O[C@H]5[C@H](O)[C@@H](O)[C@@H](O[C@H]6[C@H](O)[C@@H](O)[C@@H](O[C@H]7[C@H](O)[C@@H](O)[C@@H](O[C@H]8[C@H](O)[C@@H](O)[C@@H](O[C@H]9[C@H](O)[C@@H](O)[C@@H](O[C@@H]([C@H]2O)[C@@H](CO)O3)O[C@@H]9CO)O[C@@H]8CO)O[C@@H]7CO)O[C@@H]6CO)O[C@@H]5CO)O[C@@H]4CO)cc1. The molecule has 1 aromatic carbocycles. The maximum absolute atomic E-state index is 12.3. The summed E-state index contributed by atoms with van der Waals surface area (Å²) in [6.45, 7) is -5.25. The second kappa shape index (κ2) is 29.2. The van der Waals surface area contributed by atoms with E-state index in [-0.39, 0.29) is 5.75 Å². The quantitative estimate of drug-likeness (QED) is 0.103. The van der Waals surface area contributed by atoms with Crippen molar-refractivity contribution in [2.75, 3.05) is 46.2 Å². The summed E-state index contributed by atoms with van der Waals surface area (Å²) in [5, 5.41) is 222. The number of thioether (sulfide) groups is 1. The van der Waals surface area contributed by atoms with Gasteiger partial charge in [0.15, 0.2) is 44.0 Å². The fraction of sp³-hybridized carbons (Fsp3) is 0.880. The lowest BCUT2D eigenvalue weighted by atomic mass is 9.95. The van der Waals surface area contributed by atoms with E-state index in [1.165, 1.54) is 0 Å². The van der Waals surface area contributed by atoms with E-state index < -0.39 is 260 Å². The molecule has 34 nitrogen and oxygen atoms in total. The van der Waals surface area contributed by atoms with E-state index >= 15 is 0 Å². The van der Waals surface area contributed by atoms with Crippen LogP contribution in [0.25, 0.3) is 0 Å². The van der Waals surface area contributed by atoms with Gasteiger partial charge in [-0.25, -0.2) is 0 Å². The van der Waals surface area contributed by atoms with Crippen LogP contribution in [0.2, 0.25) is 0 Å². The minimum atomic E-state index is -2.20. The predicted molar refractivity (Wildman–Crippen MR) is 269 cm³/mol. The molecule has 15 heterocycles. The third-order valence-corrected chi connectivity index (χ3v) is 17.7. The van der Waals surface area contributed by atoms with Crippen molar-refractivity contribution in [2.45, 2.75) is 227 Å². The van der Waals surface area contributed by atoms with Crippen molar-refractivity contribution in [1.82, 2.24) is 0 Å². The highest BCUT2D eigenvalue weighted by Crippen LogP contribution is 2.41. The van der Waals surface area contributed by atoms with E-state index in [2.05, 4.69) is 0 Å². The van der Waals surface area contributed by atoms with Crippen LogP contribution in [0.3, 0.4) is 0 Å². The van der Waals surface area contributed by atoms with Crippen molar-refractivity contribution in [3.05, 3.63) is 35.4 Å². The predicted octanol–water partition coefficient (Wildman–Crippen LogP) is -12.0. The highest BCUT2D eigenvalue weighted by molar-refractivity contribution is 7.99. The maximum Gasteiger partial charge on any atom is 0.187 e. The molecule has 0 amide bonds. The largest absolute Gasteiger partial charge is 0.394 e. The first-order valence-corrected chi connectivity index (χ1v) is 28.6. The molecule has 0 aliphatic carbocycles. The molecule has 15 fully saturated rings. The molecule has 15 aliphatic rings. The number of aryl methyl sites for hydroxylation is 1. The zero-order valence-corrected chi connectivity index (χ0v) is 46.1. The molecule has 14 bridgehead atoms. The molecular weight excluding hydrogens is 1180 g/mol. The molecule has 0 aromatic heterocycles. The first kappa shape index (κ1) is 67.6. The van der Waals surface area contributed by atoms with Crippen LogP contribution < -0.4 is 0 Å². The number of fused-ring (bicyclic) bond motifs is 7. The number of ether oxygens (including phenoxy) is 14. The zero-order chi connectivity index (χ0) is 61.5. The van der Waals surface area contributed by atoms with Crippen molar-refractivity contribution in [3.63, 3.8) is 0 Å². The van der Waals surface area contributed by atoms with Gasteiger partial charge in [-0.15, -0.1) is 11.8 Å². The van der Waals surface area contributed by atoms with Gasteiger partial charge in [0.2, 0.25) is 0 Å². The van der Waals surface area contributed by atoms with Crippen LogP contribution in [-0.4, -0.2) is 362 Å². The second-order valence-electron chi connectivity index (χ2n) is 21.9. The van der Waals surface area contributed by atoms with Crippen LogP contribution in [0.1, 0.15) is 11.1 Å². The van der Waals surface area contributed by atoms with Crippen LogP contribution in [0.15, 0.2) is 24.3 Å². The van der Waals surface area contributed by atoms with E-state index in [9.17, 15) is 102 Å². The first-order valence-electron chi connectivity index (χ1n) is 27.6. The molecule has 1 aromatic rings.